The number of nitrogens with one attached hydrogen (secondary N) is 2. The van der Waals surface area contributed by atoms with Gasteiger partial charge in [0.1, 0.15) is 0 Å². The summed E-state index contributed by atoms with van der Waals surface area (Å²) in [6.45, 7) is 3.88. The van der Waals surface area contributed by atoms with E-state index in [1.807, 2.05) is 0 Å². The highest BCUT2D eigenvalue weighted by Gasteiger charge is 2.05. The van der Waals surface area contributed by atoms with Crippen LogP contribution in [0.25, 0.3) is 21.5 Å². The van der Waals surface area contributed by atoms with Gasteiger partial charge in [-0.15, -0.1) is 0 Å². The molecule has 130 valence electrons. The molecule has 0 aliphatic rings. The molecule has 0 amide bonds. The molecule has 0 aliphatic heterocycles. The normalized spacial score (nSPS) is 11.5. The van der Waals surface area contributed by atoms with Gasteiger partial charge in [-0.25, -0.2) is 0 Å². The monoisotopic (exact) mass is 340 g/mol. The van der Waals surface area contributed by atoms with Gasteiger partial charge in [0.15, 0.2) is 0 Å². The maximum absolute atomic E-state index is 3.60. The smallest absolute Gasteiger partial charge is 0.0547 e. The Morgan fingerprint density at radius 3 is 1.50 bits per heavy atom. The molecule has 0 saturated carbocycles. The molecule has 0 atom stereocenters. The van der Waals surface area contributed by atoms with Gasteiger partial charge in [0, 0.05) is 13.1 Å². The summed E-state index contributed by atoms with van der Waals surface area (Å²) in [5.41, 5.74) is 2.67. The van der Waals surface area contributed by atoms with Gasteiger partial charge in [0.2, 0.25) is 0 Å². The first-order valence-electron chi connectivity index (χ1n) is 9.21. The Labute approximate surface area is 154 Å². The van der Waals surface area contributed by atoms with Crippen LogP contribution >= 0.6 is 0 Å². The van der Waals surface area contributed by atoms with Crippen molar-refractivity contribution in [2.45, 2.75) is 26.2 Å². The second-order valence-corrected chi connectivity index (χ2v) is 6.76. The van der Waals surface area contributed by atoms with Gasteiger partial charge in [0.05, 0.1) is 6.17 Å². The fourth-order valence-electron chi connectivity index (χ4n) is 3.49. The van der Waals surface area contributed by atoms with Crippen molar-refractivity contribution >= 4 is 21.5 Å². The van der Waals surface area contributed by atoms with E-state index in [1.54, 1.807) is 0 Å². The van der Waals surface area contributed by atoms with Crippen LogP contribution in [0.15, 0.2) is 84.9 Å². The lowest BCUT2D eigenvalue weighted by Gasteiger charge is -2.17. The Balaban J connectivity index is 1.40. The third kappa shape index (κ3) is 3.62. The lowest BCUT2D eigenvalue weighted by molar-refractivity contribution is 0.453. The molecule has 2 nitrogen and oxygen atoms in total. The highest BCUT2D eigenvalue weighted by molar-refractivity contribution is 5.86. The summed E-state index contributed by atoms with van der Waals surface area (Å²) in [6, 6.07) is 30.1. The van der Waals surface area contributed by atoms with Gasteiger partial charge in [0.25, 0.3) is 0 Å². The number of hydrogen-bond donors (Lipinski definition) is 2. The van der Waals surface area contributed by atoms with Crippen LogP contribution in [0.1, 0.15) is 18.1 Å². The lowest BCUT2D eigenvalue weighted by atomic mass is 10.0. The Hall–Kier alpha value is -2.68. The Morgan fingerprint density at radius 1 is 0.577 bits per heavy atom. The average Bonchev–Trinajstić information content (AvgIpc) is 2.70. The predicted octanol–water partition coefficient (Wildman–Crippen LogP) is 5.22. The van der Waals surface area contributed by atoms with E-state index in [1.165, 1.54) is 32.7 Å². The zero-order valence-corrected chi connectivity index (χ0v) is 15.1. The average molecular weight is 340 g/mol. The van der Waals surface area contributed by atoms with Crippen molar-refractivity contribution in [3.63, 3.8) is 0 Å². The molecule has 0 spiro atoms. The topological polar surface area (TPSA) is 24.1 Å². The molecule has 0 unspecified atom stereocenters. The van der Waals surface area contributed by atoms with E-state index in [4.69, 9.17) is 0 Å². The molecule has 26 heavy (non-hydrogen) atoms. The predicted molar refractivity (Wildman–Crippen MR) is 111 cm³/mol. The van der Waals surface area contributed by atoms with Crippen molar-refractivity contribution in [2.24, 2.45) is 0 Å². The minimum Gasteiger partial charge on any atom is -0.298 e. The van der Waals surface area contributed by atoms with Gasteiger partial charge in [-0.3, -0.25) is 10.6 Å². The van der Waals surface area contributed by atoms with Crippen LogP contribution in [0.4, 0.5) is 0 Å². The fraction of sp³-hybridized carbons (Fsp3) is 0.167. The van der Waals surface area contributed by atoms with E-state index < -0.39 is 0 Å². The van der Waals surface area contributed by atoms with Crippen LogP contribution in [0.2, 0.25) is 0 Å². The van der Waals surface area contributed by atoms with Crippen LogP contribution in [0.5, 0.6) is 0 Å². The van der Waals surface area contributed by atoms with Gasteiger partial charge in [-0.05, 0) is 39.6 Å². The van der Waals surface area contributed by atoms with E-state index in [9.17, 15) is 0 Å². The highest BCUT2D eigenvalue weighted by Crippen LogP contribution is 2.19. The summed E-state index contributed by atoms with van der Waals surface area (Å²) in [6.07, 6.45) is 0.230. The largest absolute Gasteiger partial charge is 0.298 e. The van der Waals surface area contributed by atoms with Crippen molar-refractivity contribution in [1.29, 1.82) is 0 Å². The van der Waals surface area contributed by atoms with Gasteiger partial charge in [-0.2, -0.15) is 0 Å². The first kappa shape index (κ1) is 16.8. The summed E-state index contributed by atoms with van der Waals surface area (Å²) in [5, 5.41) is 12.4. The second-order valence-electron chi connectivity index (χ2n) is 6.76. The molecule has 0 aliphatic carbocycles. The summed E-state index contributed by atoms with van der Waals surface area (Å²) in [4.78, 5) is 0. The standard InChI is InChI=1S/C24H24N2/c1-18(25-16-21-12-6-10-19-8-2-4-14-23(19)21)26-17-22-13-7-11-20-9-3-5-15-24(20)22/h2-15,18,25-26H,16-17H2,1H3. The van der Waals surface area contributed by atoms with E-state index in [-0.39, 0.29) is 6.17 Å². The SMILES string of the molecule is CC(NCc1cccc2ccccc12)NCc1cccc2ccccc12. The first-order valence-corrected chi connectivity index (χ1v) is 9.21. The van der Waals surface area contributed by atoms with E-state index in [0.29, 0.717) is 0 Å². The fourth-order valence-corrected chi connectivity index (χ4v) is 3.49. The Bertz CT molecular complexity index is 929. The number of rotatable bonds is 6. The molecule has 4 aromatic carbocycles. The summed E-state index contributed by atoms with van der Waals surface area (Å²) in [5.74, 6) is 0. The van der Waals surface area contributed by atoms with Crippen LogP contribution in [-0.4, -0.2) is 6.17 Å². The molecule has 4 rings (SSSR count). The molecule has 2 N–H and O–H groups in total. The van der Waals surface area contributed by atoms with Crippen molar-refractivity contribution in [1.82, 2.24) is 10.6 Å². The van der Waals surface area contributed by atoms with Crippen LogP contribution in [-0.2, 0) is 13.1 Å². The number of benzene rings is 4. The molecule has 0 radical (unpaired) electrons. The maximum Gasteiger partial charge on any atom is 0.0547 e. The van der Waals surface area contributed by atoms with Gasteiger partial charge >= 0.3 is 0 Å². The Morgan fingerprint density at radius 2 is 1.00 bits per heavy atom. The van der Waals surface area contributed by atoms with E-state index >= 15 is 0 Å². The minimum absolute atomic E-state index is 0.230. The molecular weight excluding hydrogens is 316 g/mol. The minimum atomic E-state index is 0.230. The lowest BCUT2D eigenvalue weighted by Crippen LogP contribution is -2.38. The van der Waals surface area contributed by atoms with Crippen molar-refractivity contribution in [3.8, 4) is 0 Å². The highest BCUT2D eigenvalue weighted by atomic mass is 15.1. The van der Waals surface area contributed by atoms with E-state index in [0.717, 1.165) is 13.1 Å². The Kier molecular flexibility index (Phi) is 4.96. The molecule has 0 bridgehead atoms. The molecule has 4 aromatic rings. The zero-order valence-electron chi connectivity index (χ0n) is 15.1. The van der Waals surface area contributed by atoms with Crippen molar-refractivity contribution in [3.05, 3.63) is 96.1 Å². The van der Waals surface area contributed by atoms with Crippen LogP contribution in [0.3, 0.4) is 0 Å². The van der Waals surface area contributed by atoms with Crippen molar-refractivity contribution in [2.75, 3.05) is 0 Å². The van der Waals surface area contributed by atoms with Gasteiger partial charge < -0.3 is 0 Å². The van der Waals surface area contributed by atoms with Crippen LogP contribution in [0, 0.1) is 0 Å². The van der Waals surface area contributed by atoms with Crippen LogP contribution < -0.4 is 10.6 Å². The molecular formula is C24H24N2. The summed E-state index contributed by atoms with van der Waals surface area (Å²) in [7, 11) is 0. The van der Waals surface area contributed by atoms with Gasteiger partial charge in [-0.1, -0.05) is 84.9 Å². The second kappa shape index (κ2) is 7.69. The third-order valence-corrected chi connectivity index (χ3v) is 4.96. The molecule has 0 heterocycles. The zero-order chi connectivity index (χ0) is 17.8. The molecule has 0 aromatic heterocycles. The number of fused-ring (bicyclic) bond motifs is 2. The summed E-state index contributed by atoms with van der Waals surface area (Å²) < 4.78 is 0. The quantitative estimate of drug-likeness (QED) is 0.470. The molecule has 2 heteroatoms. The van der Waals surface area contributed by atoms with E-state index in [2.05, 4.69) is 102 Å². The molecule has 0 saturated heterocycles. The van der Waals surface area contributed by atoms with Crippen molar-refractivity contribution < 1.29 is 0 Å². The number of hydrogen-bond acceptors (Lipinski definition) is 2. The summed E-state index contributed by atoms with van der Waals surface area (Å²) >= 11 is 0. The third-order valence-electron chi connectivity index (χ3n) is 4.96. The maximum atomic E-state index is 3.60. The molecule has 0 fully saturated rings. The first-order chi connectivity index (χ1) is 12.8.